The first-order chi connectivity index (χ1) is 10.2. The van der Waals surface area contributed by atoms with E-state index in [1.807, 2.05) is 0 Å². The molecule has 0 bridgehead atoms. The van der Waals surface area contributed by atoms with Crippen LogP contribution in [-0.2, 0) is 0 Å². The molecule has 1 heterocycles. The van der Waals surface area contributed by atoms with Crippen LogP contribution < -0.4 is 5.32 Å². The lowest BCUT2D eigenvalue weighted by Crippen LogP contribution is -2.23. The van der Waals surface area contributed by atoms with Crippen molar-refractivity contribution in [2.45, 2.75) is 57.9 Å². The zero-order chi connectivity index (χ0) is 15.1. The van der Waals surface area contributed by atoms with Gasteiger partial charge in [0.2, 0.25) is 5.28 Å². The van der Waals surface area contributed by atoms with E-state index in [2.05, 4.69) is 34.4 Å². The van der Waals surface area contributed by atoms with E-state index in [1.165, 1.54) is 19.3 Å². The van der Waals surface area contributed by atoms with E-state index in [4.69, 9.17) is 16.9 Å². The molecule has 0 aliphatic heterocycles. The van der Waals surface area contributed by atoms with E-state index >= 15 is 0 Å². The van der Waals surface area contributed by atoms with E-state index in [9.17, 15) is 0 Å². The smallest absolute Gasteiger partial charge is 0.224 e. The standard InChI is InChI=1S/C16H21ClN4/c1-2-6-12(9-10-18)14-11-19-16(17)21-15(14)20-13-7-4-3-5-8-13/h6,11,13H,2-5,7-9H2,1H3,(H,19,20,21)/b12-6+. The molecule has 5 heteroatoms. The number of hydrogen-bond donors (Lipinski definition) is 1. The van der Waals surface area contributed by atoms with Crippen molar-refractivity contribution in [2.75, 3.05) is 5.32 Å². The Morgan fingerprint density at radius 1 is 1.48 bits per heavy atom. The van der Waals surface area contributed by atoms with Gasteiger partial charge in [-0.25, -0.2) is 9.97 Å². The van der Waals surface area contributed by atoms with Gasteiger partial charge in [0.05, 0.1) is 12.5 Å². The molecule has 0 unspecified atom stereocenters. The molecule has 0 radical (unpaired) electrons. The molecular formula is C16H21ClN4. The van der Waals surface area contributed by atoms with Crippen LogP contribution in [0.15, 0.2) is 12.3 Å². The Labute approximate surface area is 131 Å². The molecule has 1 aromatic rings. The number of aromatic nitrogens is 2. The first kappa shape index (κ1) is 15.8. The van der Waals surface area contributed by atoms with Gasteiger partial charge in [-0.3, -0.25) is 0 Å². The lowest BCUT2D eigenvalue weighted by molar-refractivity contribution is 0.461. The summed E-state index contributed by atoms with van der Waals surface area (Å²) in [6, 6.07) is 2.65. The molecule has 4 nitrogen and oxygen atoms in total. The Kier molecular flexibility index (Phi) is 6.01. The van der Waals surface area contributed by atoms with Crippen molar-refractivity contribution in [1.29, 1.82) is 5.26 Å². The van der Waals surface area contributed by atoms with Crippen molar-refractivity contribution in [3.8, 4) is 6.07 Å². The molecule has 0 amide bonds. The van der Waals surface area contributed by atoms with Gasteiger partial charge in [-0.1, -0.05) is 32.3 Å². The average Bonchev–Trinajstić information content (AvgIpc) is 2.48. The predicted molar refractivity (Wildman–Crippen MR) is 86.0 cm³/mol. The molecule has 0 saturated heterocycles. The minimum Gasteiger partial charge on any atom is -0.367 e. The highest BCUT2D eigenvalue weighted by molar-refractivity contribution is 6.28. The van der Waals surface area contributed by atoms with Gasteiger partial charge in [0.1, 0.15) is 5.82 Å². The summed E-state index contributed by atoms with van der Waals surface area (Å²) in [6.45, 7) is 2.06. The monoisotopic (exact) mass is 304 g/mol. The fraction of sp³-hybridized carbons (Fsp3) is 0.562. The van der Waals surface area contributed by atoms with Gasteiger partial charge in [-0.05, 0) is 36.4 Å². The summed E-state index contributed by atoms with van der Waals surface area (Å²) in [7, 11) is 0. The molecule has 2 rings (SSSR count). The summed E-state index contributed by atoms with van der Waals surface area (Å²) in [5, 5.41) is 12.8. The minimum absolute atomic E-state index is 0.241. The van der Waals surface area contributed by atoms with Gasteiger partial charge in [-0.15, -0.1) is 0 Å². The largest absolute Gasteiger partial charge is 0.367 e. The lowest BCUT2D eigenvalue weighted by atomic mass is 9.95. The number of hydrogen-bond acceptors (Lipinski definition) is 4. The van der Waals surface area contributed by atoms with E-state index in [0.717, 1.165) is 36.2 Å². The highest BCUT2D eigenvalue weighted by Gasteiger charge is 2.17. The molecule has 0 atom stereocenters. The number of nitrogens with one attached hydrogen (secondary N) is 1. The van der Waals surface area contributed by atoms with Gasteiger partial charge < -0.3 is 5.32 Å². The number of halogens is 1. The Balaban J connectivity index is 2.27. The Bertz CT molecular complexity index is 542. The van der Waals surface area contributed by atoms with Gasteiger partial charge in [0.25, 0.3) is 0 Å². The molecular weight excluding hydrogens is 284 g/mol. The van der Waals surface area contributed by atoms with Crippen LogP contribution in [0.2, 0.25) is 5.28 Å². The van der Waals surface area contributed by atoms with Crippen molar-refractivity contribution in [1.82, 2.24) is 9.97 Å². The van der Waals surface area contributed by atoms with Crippen molar-refractivity contribution < 1.29 is 0 Å². The van der Waals surface area contributed by atoms with Crippen LogP contribution in [0, 0.1) is 11.3 Å². The number of anilines is 1. The van der Waals surface area contributed by atoms with E-state index < -0.39 is 0 Å². The third kappa shape index (κ3) is 4.44. The van der Waals surface area contributed by atoms with Crippen LogP contribution in [0.25, 0.3) is 5.57 Å². The normalized spacial score (nSPS) is 16.5. The van der Waals surface area contributed by atoms with E-state index in [-0.39, 0.29) is 5.28 Å². The summed E-state index contributed by atoms with van der Waals surface area (Å²) in [6.07, 6.45) is 11.1. The molecule has 1 saturated carbocycles. The zero-order valence-electron chi connectivity index (χ0n) is 12.4. The number of nitriles is 1. The summed E-state index contributed by atoms with van der Waals surface area (Å²) >= 11 is 5.95. The zero-order valence-corrected chi connectivity index (χ0v) is 13.2. The summed E-state index contributed by atoms with van der Waals surface area (Å²) in [5.74, 6) is 0.761. The van der Waals surface area contributed by atoms with E-state index in [0.29, 0.717) is 12.5 Å². The lowest BCUT2D eigenvalue weighted by Gasteiger charge is -2.24. The van der Waals surface area contributed by atoms with Crippen molar-refractivity contribution >= 4 is 23.0 Å². The van der Waals surface area contributed by atoms with Crippen molar-refractivity contribution in [2.24, 2.45) is 0 Å². The van der Waals surface area contributed by atoms with Crippen LogP contribution in [0.1, 0.15) is 57.4 Å². The molecule has 1 fully saturated rings. The summed E-state index contributed by atoms with van der Waals surface area (Å²) in [5.41, 5.74) is 1.86. The Morgan fingerprint density at radius 2 is 2.24 bits per heavy atom. The first-order valence-electron chi connectivity index (χ1n) is 7.60. The van der Waals surface area contributed by atoms with E-state index in [1.54, 1.807) is 6.20 Å². The van der Waals surface area contributed by atoms with Crippen LogP contribution in [-0.4, -0.2) is 16.0 Å². The number of allylic oxidation sites excluding steroid dienone is 2. The van der Waals surface area contributed by atoms with Gasteiger partial charge in [-0.2, -0.15) is 5.26 Å². The quantitative estimate of drug-likeness (QED) is 0.809. The molecule has 1 aromatic heterocycles. The fourth-order valence-corrected chi connectivity index (χ4v) is 2.89. The SMILES string of the molecule is CC/C=C(\CC#N)c1cnc(Cl)nc1NC1CCCCC1. The van der Waals surface area contributed by atoms with Gasteiger partial charge in [0.15, 0.2) is 0 Å². The third-order valence-corrected chi connectivity index (χ3v) is 3.95. The van der Waals surface area contributed by atoms with Crippen LogP contribution in [0.5, 0.6) is 0 Å². The van der Waals surface area contributed by atoms with Crippen LogP contribution >= 0.6 is 11.6 Å². The van der Waals surface area contributed by atoms with Crippen LogP contribution in [0.3, 0.4) is 0 Å². The molecule has 0 spiro atoms. The maximum absolute atomic E-state index is 9.01. The van der Waals surface area contributed by atoms with Crippen molar-refractivity contribution in [3.63, 3.8) is 0 Å². The molecule has 1 aliphatic carbocycles. The number of nitrogens with zero attached hydrogens (tertiary/aromatic N) is 3. The second-order valence-electron chi connectivity index (χ2n) is 5.35. The minimum atomic E-state index is 0.241. The topological polar surface area (TPSA) is 61.6 Å². The second kappa shape index (κ2) is 7.99. The third-order valence-electron chi connectivity index (χ3n) is 3.77. The van der Waals surface area contributed by atoms with Crippen molar-refractivity contribution in [3.05, 3.63) is 23.1 Å². The predicted octanol–water partition coefficient (Wildman–Crippen LogP) is 4.58. The molecule has 0 aromatic carbocycles. The highest BCUT2D eigenvalue weighted by Crippen LogP contribution is 2.28. The molecule has 1 aliphatic rings. The molecule has 112 valence electrons. The number of rotatable bonds is 5. The first-order valence-corrected chi connectivity index (χ1v) is 7.97. The average molecular weight is 305 g/mol. The maximum Gasteiger partial charge on any atom is 0.224 e. The fourth-order valence-electron chi connectivity index (χ4n) is 2.75. The van der Waals surface area contributed by atoms with Gasteiger partial charge >= 0.3 is 0 Å². The summed E-state index contributed by atoms with van der Waals surface area (Å²) in [4.78, 5) is 8.43. The molecule has 1 N–H and O–H groups in total. The Hall–Kier alpha value is -1.60. The summed E-state index contributed by atoms with van der Waals surface area (Å²) < 4.78 is 0. The Morgan fingerprint density at radius 3 is 2.90 bits per heavy atom. The highest BCUT2D eigenvalue weighted by atomic mass is 35.5. The van der Waals surface area contributed by atoms with Crippen LogP contribution in [0.4, 0.5) is 5.82 Å². The molecule has 21 heavy (non-hydrogen) atoms. The maximum atomic E-state index is 9.01. The second-order valence-corrected chi connectivity index (χ2v) is 5.69. The van der Waals surface area contributed by atoms with Gasteiger partial charge in [0, 0.05) is 17.8 Å².